The van der Waals surface area contributed by atoms with Crippen LogP contribution in [-0.4, -0.2) is 36.4 Å². The number of nitrogens with one attached hydrogen (secondary N) is 1. The average Bonchev–Trinajstić information content (AvgIpc) is 2.65. The Balaban J connectivity index is 2.22. The molecule has 2 aromatic rings. The predicted molar refractivity (Wildman–Crippen MR) is 112 cm³/mol. The molecule has 0 aliphatic rings. The van der Waals surface area contributed by atoms with Gasteiger partial charge in [-0.3, -0.25) is 9.59 Å². The highest BCUT2D eigenvalue weighted by Gasteiger charge is 2.27. The summed E-state index contributed by atoms with van der Waals surface area (Å²) in [6.45, 7) is 1.32. The van der Waals surface area contributed by atoms with Crippen LogP contribution in [0.3, 0.4) is 0 Å². The fraction of sp³-hybridized carbons (Fsp3) is 0.263. The number of carbonyl (C=O) groups excluding carboxylic acids is 2. The zero-order valence-electron chi connectivity index (χ0n) is 15.1. The van der Waals surface area contributed by atoms with Crippen LogP contribution in [0.25, 0.3) is 0 Å². The summed E-state index contributed by atoms with van der Waals surface area (Å²) in [5.41, 5.74) is 0.541. The summed E-state index contributed by atoms with van der Waals surface area (Å²) in [6, 6.07) is 8.94. The Bertz CT molecular complexity index is 856. The maximum Gasteiger partial charge on any atom is 0.261 e. The molecular weight excluding hydrogens is 446 g/mol. The fourth-order valence-electron chi connectivity index (χ4n) is 2.46. The first-order chi connectivity index (χ1) is 13.2. The average molecular weight is 464 g/mol. The topological polar surface area (TPSA) is 58.6 Å². The van der Waals surface area contributed by atoms with Gasteiger partial charge < -0.3 is 15.0 Å². The normalized spacial score (nSPS) is 11.6. The quantitative estimate of drug-likeness (QED) is 0.638. The summed E-state index contributed by atoms with van der Waals surface area (Å²) in [4.78, 5) is 26.3. The minimum atomic E-state index is -0.769. The van der Waals surface area contributed by atoms with Crippen molar-refractivity contribution in [1.82, 2.24) is 10.2 Å². The molecule has 0 aromatic heterocycles. The number of nitrogens with zero attached hydrogens (tertiary/aromatic N) is 1. The van der Waals surface area contributed by atoms with Crippen molar-refractivity contribution in [3.8, 4) is 5.75 Å². The standard InChI is InChI=1S/C19H18Cl4N2O3/c1-11(19(27)24-2)25(9-13-14(21)4-3-5-15(13)22)18(26)10-28-17-7-6-12(20)8-16(17)23/h3-8,11H,9-10H2,1-2H3,(H,24,27)/t11-/m1/s1. The molecule has 2 aromatic carbocycles. The van der Waals surface area contributed by atoms with E-state index in [0.717, 1.165) is 0 Å². The summed E-state index contributed by atoms with van der Waals surface area (Å²) in [5, 5.41) is 4.06. The second kappa shape index (κ2) is 10.2. The van der Waals surface area contributed by atoms with Gasteiger partial charge >= 0.3 is 0 Å². The van der Waals surface area contributed by atoms with Gasteiger partial charge in [-0.05, 0) is 37.3 Å². The number of amides is 2. The summed E-state index contributed by atoms with van der Waals surface area (Å²) in [5.74, 6) is -0.457. The van der Waals surface area contributed by atoms with Gasteiger partial charge in [0.25, 0.3) is 5.91 Å². The van der Waals surface area contributed by atoms with Crippen molar-refractivity contribution in [1.29, 1.82) is 0 Å². The Morgan fingerprint density at radius 3 is 2.29 bits per heavy atom. The van der Waals surface area contributed by atoms with Crippen LogP contribution in [0.4, 0.5) is 0 Å². The first kappa shape index (κ1) is 22.6. The van der Waals surface area contributed by atoms with Gasteiger partial charge in [-0.15, -0.1) is 0 Å². The molecule has 2 rings (SSSR count). The summed E-state index contributed by atoms with van der Waals surface area (Å²) < 4.78 is 5.52. The highest BCUT2D eigenvalue weighted by atomic mass is 35.5. The molecule has 2 amide bonds. The van der Waals surface area contributed by atoms with Crippen molar-refractivity contribution in [2.75, 3.05) is 13.7 Å². The molecule has 0 heterocycles. The van der Waals surface area contributed by atoms with Crippen LogP contribution >= 0.6 is 46.4 Å². The highest BCUT2D eigenvalue weighted by Crippen LogP contribution is 2.28. The molecule has 0 aliphatic heterocycles. The molecule has 9 heteroatoms. The van der Waals surface area contributed by atoms with Crippen molar-refractivity contribution >= 4 is 58.2 Å². The molecule has 0 saturated heterocycles. The Labute approximate surface area is 183 Å². The third-order valence-corrected chi connectivity index (χ3v) is 5.29. The lowest BCUT2D eigenvalue weighted by Crippen LogP contribution is -2.48. The SMILES string of the molecule is CNC(=O)[C@@H](C)N(Cc1c(Cl)cccc1Cl)C(=O)COc1ccc(Cl)cc1Cl. The van der Waals surface area contributed by atoms with E-state index in [4.69, 9.17) is 51.1 Å². The van der Waals surface area contributed by atoms with E-state index >= 15 is 0 Å². The first-order valence-electron chi connectivity index (χ1n) is 8.26. The maximum atomic E-state index is 12.8. The molecule has 0 aliphatic carbocycles. The summed E-state index contributed by atoms with van der Waals surface area (Å²) in [6.07, 6.45) is 0. The van der Waals surface area contributed by atoms with Crippen LogP contribution in [0.15, 0.2) is 36.4 Å². The number of halogens is 4. The number of hydrogen-bond donors (Lipinski definition) is 1. The second-order valence-electron chi connectivity index (χ2n) is 5.88. The van der Waals surface area contributed by atoms with Crippen molar-refractivity contribution in [3.63, 3.8) is 0 Å². The van der Waals surface area contributed by atoms with Gasteiger partial charge in [-0.25, -0.2) is 0 Å². The molecule has 1 N–H and O–H groups in total. The lowest BCUT2D eigenvalue weighted by molar-refractivity contribution is -0.142. The predicted octanol–water partition coefficient (Wildman–Crippen LogP) is 4.84. The van der Waals surface area contributed by atoms with Crippen molar-refractivity contribution in [2.24, 2.45) is 0 Å². The molecule has 28 heavy (non-hydrogen) atoms. The largest absolute Gasteiger partial charge is 0.482 e. The molecule has 1 atom stereocenters. The van der Waals surface area contributed by atoms with E-state index in [1.165, 1.54) is 18.0 Å². The fourth-order valence-corrected chi connectivity index (χ4v) is 3.44. The van der Waals surface area contributed by atoms with E-state index < -0.39 is 11.9 Å². The Hall–Kier alpha value is -1.66. The van der Waals surface area contributed by atoms with Crippen LogP contribution < -0.4 is 10.1 Å². The van der Waals surface area contributed by atoms with Crippen LogP contribution in [0.5, 0.6) is 5.75 Å². The first-order valence-corrected chi connectivity index (χ1v) is 9.77. The van der Waals surface area contributed by atoms with E-state index in [1.807, 2.05) is 0 Å². The number of likely N-dealkylation sites (N-methyl/N-ethyl adjacent to an activating group) is 1. The van der Waals surface area contributed by atoms with Gasteiger partial charge in [0.15, 0.2) is 6.61 Å². The maximum absolute atomic E-state index is 12.8. The third kappa shape index (κ3) is 5.67. The number of benzene rings is 2. The van der Waals surface area contributed by atoms with E-state index in [9.17, 15) is 9.59 Å². The van der Waals surface area contributed by atoms with Crippen LogP contribution in [0, 0.1) is 0 Å². The van der Waals surface area contributed by atoms with Crippen molar-refractivity contribution in [2.45, 2.75) is 19.5 Å². The van der Waals surface area contributed by atoms with Crippen LogP contribution in [-0.2, 0) is 16.1 Å². The second-order valence-corrected chi connectivity index (χ2v) is 7.53. The van der Waals surface area contributed by atoms with Gasteiger partial charge in [0, 0.05) is 34.2 Å². The van der Waals surface area contributed by atoms with Crippen molar-refractivity contribution in [3.05, 3.63) is 62.1 Å². The Kier molecular flexibility index (Phi) is 8.25. The zero-order chi connectivity index (χ0) is 20.8. The number of rotatable bonds is 7. The number of hydrogen-bond acceptors (Lipinski definition) is 3. The Morgan fingerprint density at radius 2 is 1.71 bits per heavy atom. The van der Waals surface area contributed by atoms with E-state index in [1.54, 1.807) is 37.3 Å². The van der Waals surface area contributed by atoms with Crippen molar-refractivity contribution < 1.29 is 14.3 Å². The van der Waals surface area contributed by atoms with Gasteiger partial charge in [0.1, 0.15) is 11.8 Å². The lowest BCUT2D eigenvalue weighted by atomic mass is 10.1. The molecule has 0 spiro atoms. The van der Waals surface area contributed by atoms with Crippen LogP contribution in [0.2, 0.25) is 20.1 Å². The summed E-state index contributed by atoms with van der Waals surface area (Å²) >= 11 is 24.4. The van der Waals surface area contributed by atoms with Gasteiger partial charge in [0.2, 0.25) is 5.91 Å². The molecule has 0 radical (unpaired) electrons. The molecule has 0 saturated carbocycles. The third-order valence-electron chi connectivity index (χ3n) is 4.05. The Morgan fingerprint density at radius 1 is 1.07 bits per heavy atom. The minimum absolute atomic E-state index is 0.0453. The molecule has 0 unspecified atom stereocenters. The summed E-state index contributed by atoms with van der Waals surface area (Å²) in [7, 11) is 1.49. The highest BCUT2D eigenvalue weighted by molar-refractivity contribution is 6.36. The van der Waals surface area contributed by atoms with Gasteiger partial charge in [-0.2, -0.15) is 0 Å². The molecule has 0 bridgehead atoms. The number of ether oxygens (including phenoxy) is 1. The monoisotopic (exact) mass is 462 g/mol. The van der Waals surface area contributed by atoms with Gasteiger partial charge in [-0.1, -0.05) is 52.5 Å². The van der Waals surface area contributed by atoms with E-state index in [2.05, 4.69) is 5.32 Å². The number of carbonyl (C=O) groups is 2. The van der Waals surface area contributed by atoms with E-state index in [0.29, 0.717) is 26.4 Å². The molecular formula is C19H18Cl4N2O3. The zero-order valence-corrected chi connectivity index (χ0v) is 18.2. The minimum Gasteiger partial charge on any atom is -0.482 e. The molecule has 150 valence electrons. The molecule has 0 fully saturated rings. The van der Waals surface area contributed by atoms with E-state index in [-0.39, 0.29) is 24.1 Å². The lowest BCUT2D eigenvalue weighted by Gasteiger charge is -2.29. The molecule has 5 nitrogen and oxygen atoms in total. The van der Waals surface area contributed by atoms with Crippen LogP contribution in [0.1, 0.15) is 12.5 Å². The van der Waals surface area contributed by atoms with Gasteiger partial charge in [0.05, 0.1) is 5.02 Å². The smallest absolute Gasteiger partial charge is 0.261 e.